The molecule has 2 aromatic rings. The van der Waals surface area contributed by atoms with Crippen LogP contribution >= 0.6 is 0 Å². The number of rotatable bonds is 12. The zero-order chi connectivity index (χ0) is 27.9. The van der Waals surface area contributed by atoms with Crippen LogP contribution < -0.4 is 9.62 Å². The number of anilines is 1. The number of nitrogens with zero attached hydrogens (tertiary/aromatic N) is 2. The molecule has 1 atom stereocenters. The first-order valence-corrected chi connectivity index (χ1v) is 15.5. The van der Waals surface area contributed by atoms with E-state index in [9.17, 15) is 18.0 Å². The van der Waals surface area contributed by atoms with E-state index in [0.29, 0.717) is 25.1 Å². The summed E-state index contributed by atoms with van der Waals surface area (Å²) in [6, 6.07) is 13.1. The maximum absolute atomic E-state index is 13.6. The van der Waals surface area contributed by atoms with Crippen LogP contribution in [0.3, 0.4) is 0 Å². The SMILES string of the molecule is CC[C@H](C(=O)NC1CCCC1)N(Cc1cccc(C)c1)C(=O)CCCN(c1ccc(C)c(C)c1)S(C)(=O)=O. The van der Waals surface area contributed by atoms with E-state index in [1.54, 1.807) is 11.0 Å². The Morgan fingerprint density at radius 3 is 2.34 bits per heavy atom. The second-order valence-electron chi connectivity index (χ2n) is 10.6. The van der Waals surface area contributed by atoms with Crippen LogP contribution in [-0.2, 0) is 26.2 Å². The first-order valence-electron chi connectivity index (χ1n) is 13.7. The Morgan fingerprint density at radius 1 is 1.03 bits per heavy atom. The molecule has 0 bridgehead atoms. The normalized spacial score (nSPS) is 14.8. The Balaban J connectivity index is 1.76. The second-order valence-corrected chi connectivity index (χ2v) is 12.5. The van der Waals surface area contributed by atoms with Gasteiger partial charge in [-0.2, -0.15) is 0 Å². The van der Waals surface area contributed by atoms with Crippen LogP contribution in [0, 0.1) is 20.8 Å². The topological polar surface area (TPSA) is 86.8 Å². The molecule has 2 aromatic carbocycles. The highest BCUT2D eigenvalue weighted by atomic mass is 32.2. The standard InChI is InChI=1S/C30H43N3O4S/c1-6-28(30(35)31-26-13-7-8-14-26)32(21-25-12-9-11-22(2)19-25)29(34)15-10-18-33(38(5,36)37)27-17-16-23(3)24(4)20-27/h9,11-12,16-17,19-20,26,28H,6-8,10,13-15,18,21H2,1-5H3,(H,31,35)/t28-/m1/s1. The Labute approximate surface area is 228 Å². The lowest BCUT2D eigenvalue weighted by molar-refractivity contribution is -0.141. The molecule has 0 spiro atoms. The van der Waals surface area contributed by atoms with Crippen molar-refractivity contribution < 1.29 is 18.0 Å². The van der Waals surface area contributed by atoms with E-state index in [1.165, 1.54) is 10.6 Å². The third kappa shape index (κ3) is 8.06. The van der Waals surface area contributed by atoms with Gasteiger partial charge in [-0.05, 0) is 75.3 Å². The molecule has 1 fully saturated rings. The highest BCUT2D eigenvalue weighted by Crippen LogP contribution is 2.23. The molecule has 2 amide bonds. The van der Waals surface area contributed by atoms with Crippen molar-refractivity contribution in [1.29, 1.82) is 0 Å². The van der Waals surface area contributed by atoms with Crippen LogP contribution in [0.15, 0.2) is 42.5 Å². The largest absolute Gasteiger partial charge is 0.352 e. The predicted molar refractivity (Wildman–Crippen MR) is 154 cm³/mol. The highest BCUT2D eigenvalue weighted by Gasteiger charge is 2.30. The number of hydrogen-bond donors (Lipinski definition) is 1. The smallest absolute Gasteiger partial charge is 0.243 e. The van der Waals surface area contributed by atoms with Crippen LogP contribution in [0.25, 0.3) is 0 Å². The molecule has 0 aromatic heterocycles. The number of carbonyl (C=O) groups is 2. The third-order valence-corrected chi connectivity index (χ3v) is 8.65. The summed E-state index contributed by atoms with van der Waals surface area (Å²) in [6.45, 7) is 8.40. The van der Waals surface area contributed by atoms with Crippen LogP contribution in [0.1, 0.15) is 74.1 Å². The summed E-state index contributed by atoms with van der Waals surface area (Å²) in [7, 11) is -3.52. The van der Waals surface area contributed by atoms with Crippen molar-refractivity contribution in [3.8, 4) is 0 Å². The Morgan fingerprint density at radius 2 is 1.74 bits per heavy atom. The molecule has 0 radical (unpaired) electrons. The van der Waals surface area contributed by atoms with E-state index >= 15 is 0 Å². The van der Waals surface area contributed by atoms with Crippen LogP contribution in [-0.4, -0.2) is 50.0 Å². The van der Waals surface area contributed by atoms with E-state index < -0.39 is 16.1 Å². The minimum atomic E-state index is -3.52. The lowest BCUT2D eigenvalue weighted by atomic mass is 10.1. The summed E-state index contributed by atoms with van der Waals surface area (Å²) in [4.78, 5) is 28.6. The summed E-state index contributed by atoms with van der Waals surface area (Å²) in [5.74, 6) is -0.248. The molecule has 1 N–H and O–H groups in total. The van der Waals surface area contributed by atoms with Gasteiger partial charge in [0.15, 0.2) is 0 Å². The molecule has 3 rings (SSSR count). The minimum absolute atomic E-state index is 0.103. The summed E-state index contributed by atoms with van der Waals surface area (Å²) in [5, 5.41) is 3.17. The average Bonchev–Trinajstić information content (AvgIpc) is 3.35. The highest BCUT2D eigenvalue weighted by molar-refractivity contribution is 7.92. The monoisotopic (exact) mass is 541 g/mol. The summed E-state index contributed by atoms with van der Waals surface area (Å²) in [6.07, 6.45) is 6.39. The van der Waals surface area contributed by atoms with E-state index in [0.717, 1.165) is 47.9 Å². The Hall–Kier alpha value is -2.87. The van der Waals surface area contributed by atoms with E-state index in [-0.39, 0.29) is 30.8 Å². The van der Waals surface area contributed by atoms with Gasteiger partial charge in [0.2, 0.25) is 21.8 Å². The van der Waals surface area contributed by atoms with Gasteiger partial charge in [0.1, 0.15) is 6.04 Å². The van der Waals surface area contributed by atoms with Gasteiger partial charge in [0.05, 0.1) is 11.9 Å². The molecule has 0 saturated heterocycles. The fourth-order valence-electron chi connectivity index (χ4n) is 5.18. The Bertz CT molecular complexity index is 1220. The molecule has 0 aliphatic heterocycles. The lowest BCUT2D eigenvalue weighted by Gasteiger charge is -2.32. The number of nitrogens with one attached hydrogen (secondary N) is 1. The third-order valence-electron chi connectivity index (χ3n) is 7.45. The molecule has 0 heterocycles. The zero-order valence-electron chi connectivity index (χ0n) is 23.5. The van der Waals surface area contributed by atoms with Crippen molar-refractivity contribution in [3.63, 3.8) is 0 Å². The van der Waals surface area contributed by atoms with Crippen LogP contribution in [0.5, 0.6) is 0 Å². The van der Waals surface area contributed by atoms with Gasteiger partial charge in [-0.15, -0.1) is 0 Å². The minimum Gasteiger partial charge on any atom is -0.352 e. The van der Waals surface area contributed by atoms with Gasteiger partial charge in [-0.3, -0.25) is 13.9 Å². The maximum Gasteiger partial charge on any atom is 0.243 e. The maximum atomic E-state index is 13.6. The fraction of sp³-hybridized carbons (Fsp3) is 0.533. The van der Waals surface area contributed by atoms with Crippen LogP contribution in [0.2, 0.25) is 0 Å². The van der Waals surface area contributed by atoms with Gasteiger partial charge in [0.25, 0.3) is 0 Å². The van der Waals surface area contributed by atoms with Crippen molar-refractivity contribution >= 4 is 27.5 Å². The fourth-order valence-corrected chi connectivity index (χ4v) is 6.14. The van der Waals surface area contributed by atoms with Crippen molar-refractivity contribution in [2.45, 2.75) is 91.3 Å². The molecule has 1 saturated carbocycles. The lowest BCUT2D eigenvalue weighted by Crippen LogP contribution is -2.51. The Kier molecular flexibility index (Phi) is 10.4. The molecule has 1 aliphatic rings. The first-order chi connectivity index (χ1) is 18.0. The first kappa shape index (κ1) is 29.7. The predicted octanol–water partition coefficient (Wildman–Crippen LogP) is 5.02. The number of sulfonamides is 1. The van der Waals surface area contributed by atoms with Gasteiger partial charge in [0, 0.05) is 25.6 Å². The van der Waals surface area contributed by atoms with Gasteiger partial charge < -0.3 is 10.2 Å². The van der Waals surface area contributed by atoms with E-state index in [2.05, 4.69) is 5.32 Å². The number of carbonyl (C=O) groups excluding carboxylic acids is 2. The molecule has 0 unspecified atom stereocenters. The second kappa shape index (κ2) is 13.3. The van der Waals surface area contributed by atoms with E-state index in [1.807, 2.05) is 64.1 Å². The van der Waals surface area contributed by atoms with Crippen molar-refractivity contribution in [2.75, 3.05) is 17.1 Å². The van der Waals surface area contributed by atoms with Gasteiger partial charge in [-0.25, -0.2) is 8.42 Å². The van der Waals surface area contributed by atoms with Crippen molar-refractivity contribution in [3.05, 3.63) is 64.7 Å². The molecule has 1 aliphatic carbocycles. The molecule has 8 heteroatoms. The van der Waals surface area contributed by atoms with Crippen molar-refractivity contribution in [1.82, 2.24) is 10.2 Å². The number of amides is 2. The number of benzene rings is 2. The quantitative estimate of drug-likeness (QED) is 0.409. The summed E-state index contributed by atoms with van der Waals surface area (Å²) in [5.41, 5.74) is 4.76. The molecular formula is C30H43N3O4S. The molecule has 7 nitrogen and oxygen atoms in total. The average molecular weight is 542 g/mol. The molecule has 38 heavy (non-hydrogen) atoms. The summed E-state index contributed by atoms with van der Waals surface area (Å²) >= 11 is 0. The number of aryl methyl sites for hydroxylation is 3. The van der Waals surface area contributed by atoms with E-state index in [4.69, 9.17) is 0 Å². The van der Waals surface area contributed by atoms with Crippen molar-refractivity contribution in [2.24, 2.45) is 0 Å². The molecule has 208 valence electrons. The number of hydrogen-bond acceptors (Lipinski definition) is 4. The zero-order valence-corrected chi connectivity index (χ0v) is 24.3. The summed E-state index contributed by atoms with van der Waals surface area (Å²) < 4.78 is 26.6. The van der Waals surface area contributed by atoms with Gasteiger partial charge >= 0.3 is 0 Å². The molecular weight excluding hydrogens is 498 g/mol. The van der Waals surface area contributed by atoms with Gasteiger partial charge in [-0.1, -0.05) is 55.7 Å². The van der Waals surface area contributed by atoms with Crippen LogP contribution in [0.4, 0.5) is 5.69 Å².